The molecule has 0 bridgehead atoms. The lowest BCUT2D eigenvalue weighted by Gasteiger charge is -2.19. The van der Waals surface area contributed by atoms with Crippen LogP contribution in [0.25, 0.3) is 0 Å². The van der Waals surface area contributed by atoms with Crippen molar-refractivity contribution in [3.8, 4) is 0 Å². The predicted octanol–water partition coefficient (Wildman–Crippen LogP) is 3.15. The summed E-state index contributed by atoms with van der Waals surface area (Å²) in [7, 11) is -2.85. The summed E-state index contributed by atoms with van der Waals surface area (Å²) in [5.41, 5.74) is 1.09. The number of nitrogens with zero attached hydrogens (tertiary/aromatic N) is 1. The molecule has 25 heavy (non-hydrogen) atoms. The normalized spacial score (nSPS) is 23.6. The summed E-state index contributed by atoms with van der Waals surface area (Å²) in [5.74, 6) is 1.45. The molecule has 2 atom stereocenters. The van der Waals surface area contributed by atoms with Gasteiger partial charge in [0, 0.05) is 17.6 Å². The fourth-order valence-corrected chi connectivity index (χ4v) is 4.90. The van der Waals surface area contributed by atoms with Crippen LogP contribution in [0, 0.1) is 5.92 Å². The van der Waals surface area contributed by atoms with E-state index in [9.17, 15) is 8.42 Å². The molecule has 140 valence electrons. The maximum absolute atomic E-state index is 11.6. The van der Waals surface area contributed by atoms with Gasteiger partial charge in [-0.2, -0.15) is 0 Å². The Kier molecular flexibility index (Phi) is 7.40. The molecule has 2 fully saturated rings. The zero-order chi connectivity index (χ0) is 17.2. The lowest BCUT2D eigenvalue weighted by Crippen LogP contribution is -2.40. The van der Waals surface area contributed by atoms with Crippen LogP contribution in [0.1, 0.15) is 37.8 Å². The molecule has 1 aliphatic carbocycles. The van der Waals surface area contributed by atoms with E-state index in [0.717, 1.165) is 24.4 Å². The molecular weight excluding hydrogens is 473 g/mol. The first-order valence-corrected chi connectivity index (χ1v) is 10.6. The Hall–Kier alpha value is -0.540. The van der Waals surface area contributed by atoms with Gasteiger partial charge in [0.25, 0.3) is 0 Å². The van der Waals surface area contributed by atoms with Crippen LogP contribution in [0.4, 0.5) is 0 Å². The summed E-state index contributed by atoms with van der Waals surface area (Å²) in [5, 5.41) is 7.53. The van der Waals surface area contributed by atoms with E-state index in [-0.39, 0.29) is 41.7 Å². The Morgan fingerprint density at radius 1 is 1.36 bits per heavy atom. The van der Waals surface area contributed by atoms with E-state index < -0.39 is 9.84 Å². The Morgan fingerprint density at radius 2 is 2.12 bits per heavy atom. The van der Waals surface area contributed by atoms with Gasteiger partial charge in [-0.3, -0.25) is 4.99 Å². The van der Waals surface area contributed by atoms with E-state index in [4.69, 9.17) is 11.6 Å². The van der Waals surface area contributed by atoms with Crippen molar-refractivity contribution in [1.82, 2.24) is 10.6 Å². The summed E-state index contributed by atoms with van der Waals surface area (Å²) >= 11 is 6.06. The number of nitrogens with one attached hydrogen (secondary N) is 2. The van der Waals surface area contributed by atoms with Gasteiger partial charge in [-0.25, -0.2) is 8.42 Å². The lowest BCUT2D eigenvalue weighted by atomic mass is 10.1. The van der Waals surface area contributed by atoms with Crippen LogP contribution in [0.15, 0.2) is 29.3 Å². The molecular formula is C17H25ClIN3O2S. The molecule has 0 radical (unpaired) electrons. The summed E-state index contributed by atoms with van der Waals surface area (Å²) in [6.45, 7) is 2.61. The number of guanidine groups is 1. The summed E-state index contributed by atoms with van der Waals surface area (Å²) < 4.78 is 23.2. The monoisotopic (exact) mass is 497 g/mol. The highest BCUT2D eigenvalue weighted by atomic mass is 127. The van der Waals surface area contributed by atoms with Crippen molar-refractivity contribution < 1.29 is 8.42 Å². The fraction of sp³-hybridized carbons (Fsp3) is 0.588. The molecule has 3 rings (SSSR count). The zero-order valence-corrected chi connectivity index (χ0v) is 18.1. The van der Waals surface area contributed by atoms with Crippen LogP contribution in [0.5, 0.6) is 0 Å². The average molecular weight is 498 g/mol. The zero-order valence-electron chi connectivity index (χ0n) is 14.2. The largest absolute Gasteiger partial charge is 0.354 e. The van der Waals surface area contributed by atoms with Crippen LogP contribution < -0.4 is 10.6 Å². The first-order chi connectivity index (χ1) is 11.4. The van der Waals surface area contributed by atoms with Crippen molar-refractivity contribution >= 4 is 51.4 Å². The molecule has 2 unspecified atom stereocenters. The highest BCUT2D eigenvalue weighted by Crippen LogP contribution is 2.21. The van der Waals surface area contributed by atoms with Crippen LogP contribution in [0.2, 0.25) is 5.02 Å². The van der Waals surface area contributed by atoms with Gasteiger partial charge in [0.1, 0.15) is 0 Å². The summed E-state index contributed by atoms with van der Waals surface area (Å²) in [6.07, 6.45) is 3.03. The van der Waals surface area contributed by atoms with Crippen molar-refractivity contribution in [2.75, 3.05) is 18.1 Å². The van der Waals surface area contributed by atoms with Gasteiger partial charge < -0.3 is 10.6 Å². The van der Waals surface area contributed by atoms with Crippen LogP contribution in [-0.2, 0) is 9.84 Å². The van der Waals surface area contributed by atoms with Gasteiger partial charge >= 0.3 is 0 Å². The van der Waals surface area contributed by atoms with E-state index in [1.807, 2.05) is 24.3 Å². The second-order valence-electron chi connectivity index (χ2n) is 6.80. The van der Waals surface area contributed by atoms with E-state index in [2.05, 4.69) is 22.5 Å². The third kappa shape index (κ3) is 6.60. The maximum atomic E-state index is 11.6. The molecule has 1 aromatic rings. The molecule has 1 saturated carbocycles. The van der Waals surface area contributed by atoms with Crippen molar-refractivity contribution in [3.05, 3.63) is 34.9 Å². The third-order valence-electron chi connectivity index (χ3n) is 4.45. The average Bonchev–Trinajstić information content (AvgIpc) is 3.27. The number of hydrogen-bond donors (Lipinski definition) is 2. The SMILES string of the molecule is CC(NC(=NCC1CCS(=O)(=O)C1)NC1CC1)c1cccc(Cl)c1.I. The molecule has 8 heteroatoms. The Morgan fingerprint density at radius 3 is 2.72 bits per heavy atom. The van der Waals surface area contributed by atoms with Crippen LogP contribution in [0.3, 0.4) is 0 Å². The second-order valence-corrected chi connectivity index (χ2v) is 9.46. The molecule has 2 N–H and O–H groups in total. The maximum Gasteiger partial charge on any atom is 0.191 e. The predicted molar refractivity (Wildman–Crippen MR) is 114 cm³/mol. The first-order valence-electron chi connectivity index (χ1n) is 8.45. The molecule has 1 heterocycles. The standard InChI is InChI=1S/C17H24ClN3O2S.HI/c1-12(14-3-2-4-15(18)9-14)20-17(21-16-5-6-16)19-10-13-7-8-24(22,23)11-13;/h2-4,9,12-13,16H,5-8,10-11H2,1H3,(H2,19,20,21);1H. The minimum Gasteiger partial charge on any atom is -0.354 e. The minimum atomic E-state index is -2.85. The molecule has 0 aromatic heterocycles. The van der Waals surface area contributed by atoms with Gasteiger partial charge in [-0.05, 0) is 49.8 Å². The summed E-state index contributed by atoms with van der Waals surface area (Å²) in [4.78, 5) is 4.64. The molecule has 1 saturated heterocycles. The van der Waals surface area contributed by atoms with Gasteiger partial charge in [0.2, 0.25) is 0 Å². The quantitative estimate of drug-likeness (QED) is 0.372. The smallest absolute Gasteiger partial charge is 0.191 e. The highest BCUT2D eigenvalue weighted by Gasteiger charge is 2.28. The van der Waals surface area contributed by atoms with Crippen molar-refractivity contribution in [2.45, 2.75) is 38.3 Å². The van der Waals surface area contributed by atoms with Crippen LogP contribution >= 0.6 is 35.6 Å². The topological polar surface area (TPSA) is 70.6 Å². The van der Waals surface area contributed by atoms with Gasteiger partial charge in [0.05, 0.1) is 17.5 Å². The number of benzene rings is 1. The van der Waals surface area contributed by atoms with E-state index in [0.29, 0.717) is 29.8 Å². The highest BCUT2D eigenvalue weighted by molar-refractivity contribution is 14.0. The molecule has 2 aliphatic rings. The number of hydrogen-bond acceptors (Lipinski definition) is 3. The summed E-state index contributed by atoms with van der Waals surface area (Å²) in [6, 6.07) is 8.32. The Bertz CT molecular complexity index is 722. The molecule has 0 amide bonds. The molecule has 1 aromatic carbocycles. The number of rotatable bonds is 5. The van der Waals surface area contributed by atoms with Gasteiger partial charge in [-0.15, -0.1) is 24.0 Å². The van der Waals surface area contributed by atoms with Crippen LogP contribution in [-0.4, -0.2) is 38.5 Å². The Balaban J connectivity index is 0.00000225. The lowest BCUT2D eigenvalue weighted by molar-refractivity contribution is 0.587. The van der Waals surface area contributed by atoms with E-state index in [1.54, 1.807) is 0 Å². The van der Waals surface area contributed by atoms with Gasteiger partial charge in [0.15, 0.2) is 15.8 Å². The van der Waals surface area contributed by atoms with E-state index >= 15 is 0 Å². The second kappa shape index (κ2) is 8.90. The molecule has 0 spiro atoms. The van der Waals surface area contributed by atoms with Crippen molar-refractivity contribution in [3.63, 3.8) is 0 Å². The van der Waals surface area contributed by atoms with Gasteiger partial charge in [-0.1, -0.05) is 23.7 Å². The fourth-order valence-electron chi connectivity index (χ4n) is 2.85. The third-order valence-corrected chi connectivity index (χ3v) is 6.53. The van der Waals surface area contributed by atoms with E-state index in [1.165, 1.54) is 0 Å². The minimum absolute atomic E-state index is 0. The number of aliphatic imine (C=N–C) groups is 1. The van der Waals surface area contributed by atoms with Crippen molar-refractivity contribution in [2.24, 2.45) is 10.9 Å². The number of halogens is 2. The first kappa shape index (κ1) is 20.8. The Labute approximate surface area is 172 Å². The van der Waals surface area contributed by atoms with Crippen molar-refractivity contribution in [1.29, 1.82) is 0 Å². The molecule has 5 nitrogen and oxygen atoms in total. The number of sulfone groups is 1. The molecule has 1 aliphatic heterocycles.